The minimum atomic E-state index is -5.13. The van der Waals surface area contributed by atoms with Crippen LogP contribution < -0.4 is 14.8 Å². The van der Waals surface area contributed by atoms with Gasteiger partial charge >= 0.3 is 0 Å². The van der Waals surface area contributed by atoms with Gasteiger partial charge in [0.15, 0.2) is 0 Å². The first-order valence-electron chi connectivity index (χ1n) is 12.3. The topological polar surface area (TPSA) is 131 Å². The summed E-state index contributed by atoms with van der Waals surface area (Å²) in [5.41, 5.74) is 2.36. The maximum absolute atomic E-state index is 12.4. The molecule has 0 aromatic heterocycles. The molecule has 0 fully saturated rings. The van der Waals surface area contributed by atoms with E-state index in [1.807, 2.05) is 52.0 Å². The molecule has 2 aromatic rings. The summed E-state index contributed by atoms with van der Waals surface area (Å²) in [7, 11) is -9.88. The van der Waals surface area contributed by atoms with Gasteiger partial charge in [0.05, 0.1) is 15.9 Å². The summed E-state index contributed by atoms with van der Waals surface area (Å²) in [4.78, 5) is 0.708. The molecule has 1 radical (unpaired) electrons. The van der Waals surface area contributed by atoms with Gasteiger partial charge < -0.3 is 13.9 Å². The number of benzene rings is 3. The molecule has 1 N–H and O–H groups in total. The fourth-order valence-electron chi connectivity index (χ4n) is 4.81. The molecule has 39 heavy (non-hydrogen) atoms. The Morgan fingerprint density at radius 1 is 0.872 bits per heavy atom. The summed E-state index contributed by atoms with van der Waals surface area (Å²) in [5.74, 6) is 0.474. The SMILES string of the molecule is CCN(CC)c1ccc2c(-c3ccc(S(=O)(=O)O)cc3S(=O)(=O)[O-])c3ccc(=[N+](CC)CC)cc-3oc2c1.[Li]. The van der Waals surface area contributed by atoms with Crippen LogP contribution in [0.25, 0.3) is 33.4 Å². The Balaban J connectivity index is 0.00000420. The van der Waals surface area contributed by atoms with Gasteiger partial charge in [0.25, 0.3) is 10.1 Å². The van der Waals surface area contributed by atoms with Gasteiger partial charge in [-0.15, -0.1) is 0 Å². The van der Waals surface area contributed by atoms with Crippen LogP contribution in [-0.2, 0) is 20.2 Å². The van der Waals surface area contributed by atoms with Gasteiger partial charge in [-0.1, -0.05) is 6.07 Å². The molecule has 1 aliphatic carbocycles. The molecule has 2 aliphatic rings. The van der Waals surface area contributed by atoms with Crippen LogP contribution in [0.5, 0.6) is 0 Å². The molecule has 9 nitrogen and oxygen atoms in total. The quantitative estimate of drug-likeness (QED) is 0.148. The number of nitrogens with zero attached hydrogens (tertiary/aromatic N) is 2. The zero-order chi connectivity index (χ0) is 27.8. The first-order valence-corrected chi connectivity index (χ1v) is 15.2. The average molecular weight is 566 g/mol. The van der Waals surface area contributed by atoms with Crippen molar-refractivity contribution in [1.29, 1.82) is 0 Å². The number of fused-ring (bicyclic) bond motifs is 2. The molecular formula is C27H30LiN2O7S2. The van der Waals surface area contributed by atoms with E-state index >= 15 is 0 Å². The van der Waals surface area contributed by atoms with Gasteiger partial charge in [0, 0.05) is 71.8 Å². The summed E-state index contributed by atoms with van der Waals surface area (Å²) >= 11 is 0. The number of anilines is 1. The molecule has 2 aromatic carbocycles. The zero-order valence-corrected chi connectivity index (χ0v) is 24.3. The minimum absolute atomic E-state index is 0. The first kappa shape index (κ1) is 30.9. The summed E-state index contributed by atoms with van der Waals surface area (Å²) in [6, 6.07) is 14.1. The van der Waals surface area contributed by atoms with Crippen molar-refractivity contribution < 1.29 is 30.4 Å². The van der Waals surface area contributed by atoms with Gasteiger partial charge in [-0.2, -0.15) is 8.42 Å². The Hall–Kier alpha value is -2.65. The molecule has 0 spiro atoms. The number of hydrogen-bond acceptors (Lipinski definition) is 7. The van der Waals surface area contributed by atoms with Crippen molar-refractivity contribution in [1.82, 2.24) is 4.58 Å². The fourth-order valence-corrected chi connectivity index (χ4v) is 6.10. The summed E-state index contributed by atoms with van der Waals surface area (Å²) in [6.07, 6.45) is 0. The second kappa shape index (κ2) is 11.8. The molecule has 12 heteroatoms. The van der Waals surface area contributed by atoms with Gasteiger partial charge in [-0.3, -0.25) is 4.55 Å². The van der Waals surface area contributed by atoms with Crippen molar-refractivity contribution in [3.05, 3.63) is 60.0 Å². The van der Waals surface area contributed by atoms with Crippen LogP contribution in [0, 0.1) is 0 Å². The monoisotopic (exact) mass is 565 g/mol. The molecule has 0 bridgehead atoms. The maximum atomic E-state index is 12.4. The van der Waals surface area contributed by atoms with E-state index in [-0.39, 0.29) is 24.4 Å². The van der Waals surface area contributed by atoms with Gasteiger partial charge in [0.1, 0.15) is 34.6 Å². The van der Waals surface area contributed by atoms with Crippen LogP contribution in [0.3, 0.4) is 0 Å². The molecule has 4 rings (SSSR count). The molecule has 0 amide bonds. The largest absolute Gasteiger partial charge is 0.744 e. The van der Waals surface area contributed by atoms with E-state index in [2.05, 4.69) is 9.48 Å². The number of rotatable bonds is 8. The van der Waals surface area contributed by atoms with Crippen molar-refractivity contribution >= 4 is 55.8 Å². The fraction of sp³-hybridized carbons (Fsp3) is 0.296. The molecule has 0 saturated carbocycles. The van der Waals surface area contributed by atoms with Crippen molar-refractivity contribution in [2.24, 2.45) is 0 Å². The van der Waals surface area contributed by atoms with E-state index in [0.29, 0.717) is 33.9 Å². The van der Waals surface area contributed by atoms with Crippen molar-refractivity contribution in [3.8, 4) is 22.5 Å². The van der Waals surface area contributed by atoms with Crippen LogP contribution >= 0.6 is 0 Å². The Morgan fingerprint density at radius 2 is 1.51 bits per heavy atom. The number of hydrogen-bond donors (Lipinski definition) is 1. The molecule has 0 atom stereocenters. The third kappa shape index (κ3) is 6.09. The van der Waals surface area contributed by atoms with Crippen molar-refractivity contribution in [2.45, 2.75) is 37.5 Å². The third-order valence-electron chi connectivity index (χ3n) is 6.74. The zero-order valence-electron chi connectivity index (χ0n) is 22.6. The van der Waals surface area contributed by atoms with E-state index in [4.69, 9.17) is 4.42 Å². The second-order valence-corrected chi connectivity index (χ2v) is 11.5. The molecule has 0 saturated heterocycles. The average Bonchev–Trinajstić information content (AvgIpc) is 2.87. The van der Waals surface area contributed by atoms with Crippen LogP contribution in [0.4, 0.5) is 5.69 Å². The Bertz CT molecular complexity index is 1770. The predicted octanol–water partition coefficient (Wildman–Crippen LogP) is 3.63. The smallest absolute Gasteiger partial charge is 0.294 e. The molecular weight excluding hydrogens is 535 g/mol. The van der Waals surface area contributed by atoms with Gasteiger partial charge in [-0.25, -0.2) is 13.0 Å². The standard InChI is InChI=1S/C27H30N2O7S2.Li/c1-5-28(6-2)18-9-12-21-24(15-18)36-25-16-19(29(7-3)8-4)10-13-22(25)27(21)23-14-11-20(37(30,31)32)17-26(23)38(33,34)35;/h9-17H,5-8H2,1-4H3,(H-,30,31,32,33,34,35);. The van der Waals surface area contributed by atoms with Crippen LogP contribution in [-0.4, -0.2) is 71.0 Å². The minimum Gasteiger partial charge on any atom is -0.744 e. The van der Waals surface area contributed by atoms with E-state index in [1.165, 1.54) is 6.07 Å². The van der Waals surface area contributed by atoms with E-state index in [1.54, 1.807) is 12.1 Å². The normalized spacial score (nSPS) is 11.9. The Morgan fingerprint density at radius 3 is 2.08 bits per heavy atom. The summed E-state index contributed by atoms with van der Waals surface area (Å²) < 4.78 is 78.5. The van der Waals surface area contributed by atoms with Crippen molar-refractivity contribution in [3.63, 3.8) is 0 Å². The molecule has 1 aliphatic heterocycles. The van der Waals surface area contributed by atoms with Crippen LogP contribution in [0.2, 0.25) is 0 Å². The van der Waals surface area contributed by atoms with Crippen molar-refractivity contribution in [2.75, 3.05) is 31.1 Å². The summed E-state index contributed by atoms with van der Waals surface area (Å²) in [6.45, 7) is 11.2. The van der Waals surface area contributed by atoms with E-state index in [0.717, 1.165) is 43.3 Å². The second-order valence-electron chi connectivity index (χ2n) is 8.77. The van der Waals surface area contributed by atoms with Gasteiger partial charge in [0.2, 0.25) is 5.36 Å². The van der Waals surface area contributed by atoms with Gasteiger partial charge in [-0.05, 0) is 58.0 Å². The molecule has 203 valence electrons. The predicted molar refractivity (Wildman–Crippen MR) is 152 cm³/mol. The van der Waals surface area contributed by atoms with Crippen LogP contribution in [0.15, 0.2) is 68.8 Å². The molecule has 0 unspecified atom stereocenters. The first-order chi connectivity index (χ1) is 17.9. The maximum Gasteiger partial charge on any atom is 0.294 e. The van der Waals surface area contributed by atoms with E-state index in [9.17, 15) is 25.9 Å². The molecule has 1 heterocycles. The summed E-state index contributed by atoms with van der Waals surface area (Å²) in [5, 5.41) is 1.46. The van der Waals surface area contributed by atoms with E-state index < -0.39 is 30.0 Å². The Labute approximate surface area is 240 Å². The third-order valence-corrected chi connectivity index (χ3v) is 8.46. The Kier molecular flexibility index (Phi) is 9.38. The van der Waals surface area contributed by atoms with Crippen LogP contribution in [0.1, 0.15) is 27.7 Å².